The maximum atomic E-state index is 12.1. The SMILES string of the molecule is O=C(NO)C(c1ccccc1)N1CCC2(CC1)OCCCO2. The largest absolute Gasteiger partial charge is 0.350 e. The fourth-order valence-corrected chi connectivity index (χ4v) is 3.25. The van der Waals surface area contributed by atoms with Gasteiger partial charge in [0.15, 0.2) is 5.79 Å². The number of nitrogens with zero attached hydrogens (tertiary/aromatic N) is 1. The van der Waals surface area contributed by atoms with E-state index in [1.54, 1.807) is 5.48 Å². The standard InChI is InChI=1S/C16H22N2O4/c19-15(17-20)14(13-5-2-1-3-6-13)18-9-7-16(8-10-18)21-11-4-12-22-16/h1-3,5-6,14,20H,4,7-12H2,(H,17,19). The molecule has 1 atom stereocenters. The fourth-order valence-electron chi connectivity index (χ4n) is 3.25. The maximum Gasteiger partial charge on any atom is 0.265 e. The number of amides is 1. The summed E-state index contributed by atoms with van der Waals surface area (Å²) in [5, 5.41) is 9.06. The summed E-state index contributed by atoms with van der Waals surface area (Å²) in [6.07, 6.45) is 2.40. The van der Waals surface area contributed by atoms with Crippen LogP contribution in [0.1, 0.15) is 30.9 Å². The van der Waals surface area contributed by atoms with Crippen LogP contribution in [-0.2, 0) is 14.3 Å². The average molecular weight is 306 g/mol. The summed E-state index contributed by atoms with van der Waals surface area (Å²) in [6, 6.07) is 9.01. The van der Waals surface area contributed by atoms with Gasteiger partial charge in [0.2, 0.25) is 0 Å². The topological polar surface area (TPSA) is 71.0 Å². The molecule has 0 aromatic heterocycles. The molecule has 0 radical (unpaired) electrons. The molecule has 22 heavy (non-hydrogen) atoms. The highest BCUT2D eigenvalue weighted by molar-refractivity contribution is 5.82. The van der Waals surface area contributed by atoms with E-state index in [1.165, 1.54) is 0 Å². The van der Waals surface area contributed by atoms with E-state index < -0.39 is 17.7 Å². The van der Waals surface area contributed by atoms with Gasteiger partial charge in [-0.2, -0.15) is 0 Å². The number of hydrogen-bond acceptors (Lipinski definition) is 5. The number of rotatable bonds is 3. The minimum absolute atomic E-state index is 0.410. The first-order valence-electron chi connectivity index (χ1n) is 7.75. The zero-order valence-corrected chi connectivity index (χ0v) is 12.5. The molecule has 2 saturated heterocycles. The Morgan fingerprint density at radius 2 is 1.82 bits per heavy atom. The predicted octanol–water partition coefficient (Wildman–Crippen LogP) is 1.46. The third-order valence-corrected chi connectivity index (χ3v) is 4.42. The molecule has 1 unspecified atom stereocenters. The van der Waals surface area contributed by atoms with Gasteiger partial charge in [-0.25, -0.2) is 5.48 Å². The number of nitrogens with one attached hydrogen (secondary N) is 1. The van der Waals surface area contributed by atoms with Gasteiger partial charge < -0.3 is 9.47 Å². The van der Waals surface area contributed by atoms with Gasteiger partial charge in [-0.1, -0.05) is 30.3 Å². The summed E-state index contributed by atoms with van der Waals surface area (Å²) in [5.41, 5.74) is 2.66. The number of likely N-dealkylation sites (tertiary alicyclic amines) is 1. The van der Waals surface area contributed by atoms with Crippen molar-refractivity contribution >= 4 is 5.91 Å². The van der Waals surface area contributed by atoms with Crippen molar-refractivity contribution in [2.24, 2.45) is 0 Å². The van der Waals surface area contributed by atoms with E-state index in [0.717, 1.165) is 38.0 Å². The van der Waals surface area contributed by atoms with Gasteiger partial charge in [0.1, 0.15) is 6.04 Å². The minimum Gasteiger partial charge on any atom is -0.350 e. The molecule has 2 aliphatic rings. The van der Waals surface area contributed by atoms with E-state index >= 15 is 0 Å². The molecule has 2 aliphatic heterocycles. The Kier molecular flexibility index (Phi) is 4.73. The van der Waals surface area contributed by atoms with Gasteiger partial charge in [0.05, 0.1) is 13.2 Å². The highest BCUT2D eigenvalue weighted by Gasteiger charge is 2.41. The van der Waals surface area contributed by atoms with Crippen LogP contribution in [0, 0.1) is 0 Å². The van der Waals surface area contributed by atoms with E-state index in [0.29, 0.717) is 13.1 Å². The number of hydrogen-bond donors (Lipinski definition) is 2. The monoisotopic (exact) mass is 306 g/mol. The van der Waals surface area contributed by atoms with Crippen molar-refractivity contribution in [1.82, 2.24) is 10.4 Å². The number of piperidine rings is 1. The van der Waals surface area contributed by atoms with Crippen molar-refractivity contribution in [3.05, 3.63) is 35.9 Å². The zero-order chi connectivity index (χ0) is 15.4. The summed E-state index contributed by atoms with van der Waals surface area (Å²) < 4.78 is 11.7. The van der Waals surface area contributed by atoms with Crippen molar-refractivity contribution in [2.45, 2.75) is 31.1 Å². The van der Waals surface area contributed by atoms with Gasteiger partial charge in [-0.05, 0) is 12.0 Å². The molecule has 6 nitrogen and oxygen atoms in total. The summed E-state index contributed by atoms with van der Waals surface area (Å²) in [7, 11) is 0. The maximum absolute atomic E-state index is 12.1. The number of carbonyl (C=O) groups is 1. The first-order valence-corrected chi connectivity index (χ1v) is 7.75. The van der Waals surface area contributed by atoms with Gasteiger partial charge in [-0.3, -0.25) is 14.9 Å². The predicted molar refractivity (Wildman–Crippen MR) is 79.2 cm³/mol. The lowest BCUT2D eigenvalue weighted by Crippen LogP contribution is -2.52. The quantitative estimate of drug-likeness (QED) is 0.653. The summed E-state index contributed by atoms with van der Waals surface area (Å²) in [6.45, 7) is 2.85. The van der Waals surface area contributed by atoms with Crippen molar-refractivity contribution in [1.29, 1.82) is 0 Å². The molecule has 120 valence electrons. The molecule has 6 heteroatoms. The molecular weight excluding hydrogens is 284 g/mol. The Bertz CT molecular complexity index is 492. The van der Waals surface area contributed by atoms with Crippen LogP contribution in [-0.4, -0.2) is 48.1 Å². The van der Waals surface area contributed by atoms with Crippen molar-refractivity contribution in [3.8, 4) is 0 Å². The molecule has 0 saturated carbocycles. The fraction of sp³-hybridized carbons (Fsp3) is 0.562. The number of ether oxygens (including phenoxy) is 2. The summed E-state index contributed by atoms with van der Waals surface area (Å²) >= 11 is 0. The number of carbonyl (C=O) groups excluding carboxylic acids is 1. The lowest BCUT2D eigenvalue weighted by atomic mass is 9.97. The second-order valence-electron chi connectivity index (χ2n) is 5.79. The highest BCUT2D eigenvalue weighted by Crippen LogP contribution is 2.34. The Labute approximate surface area is 130 Å². The molecule has 2 heterocycles. The van der Waals surface area contributed by atoms with Crippen molar-refractivity contribution in [3.63, 3.8) is 0 Å². The van der Waals surface area contributed by atoms with E-state index in [9.17, 15) is 4.79 Å². The number of hydroxylamine groups is 1. The molecule has 1 aromatic carbocycles. The normalized spacial score (nSPS) is 23.1. The van der Waals surface area contributed by atoms with E-state index in [4.69, 9.17) is 14.7 Å². The smallest absolute Gasteiger partial charge is 0.265 e. The second-order valence-corrected chi connectivity index (χ2v) is 5.79. The summed E-state index contributed by atoms with van der Waals surface area (Å²) in [5.74, 6) is -0.890. The second kappa shape index (κ2) is 6.75. The molecular formula is C16H22N2O4. The van der Waals surface area contributed by atoms with E-state index in [-0.39, 0.29) is 0 Å². The van der Waals surface area contributed by atoms with Crippen LogP contribution in [0.4, 0.5) is 0 Å². The lowest BCUT2D eigenvalue weighted by Gasteiger charge is -2.45. The Morgan fingerprint density at radius 1 is 1.18 bits per heavy atom. The molecule has 3 rings (SSSR count). The van der Waals surface area contributed by atoms with E-state index in [1.807, 2.05) is 30.3 Å². The van der Waals surface area contributed by atoms with Crippen LogP contribution in [0.3, 0.4) is 0 Å². The molecule has 2 fully saturated rings. The van der Waals surface area contributed by atoms with Crippen molar-refractivity contribution < 1.29 is 19.5 Å². The molecule has 1 aromatic rings. The zero-order valence-electron chi connectivity index (χ0n) is 12.5. The van der Waals surface area contributed by atoms with Crippen molar-refractivity contribution in [2.75, 3.05) is 26.3 Å². The molecule has 1 amide bonds. The highest BCUT2D eigenvalue weighted by atomic mass is 16.7. The lowest BCUT2D eigenvalue weighted by molar-refractivity contribution is -0.285. The van der Waals surface area contributed by atoms with Gasteiger partial charge in [-0.15, -0.1) is 0 Å². The molecule has 2 N–H and O–H groups in total. The Hall–Kier alpha value is -1.47. The number of benzene rings is 1. The molecule has 0 aliphatic carbocycles. The van der Waals surface area contributed by atoms with Gasteiger partial charge >= 0.3 is 0 Å². The summed E-state index contributed by atoms with van der Waals surface area (Å²) in [4.78, 5) is 14.2. The van der Waals surface area contributed by atoms with Gasteiger partial charge in [0.25, 0.3) is 5.91 Å². The first kappa shape index (κ1) is 15.4. The third-order valence-electron chi connectivity index (χ3n) is 4.42. The van der Waals surface area contributed by atoms with Crippen LogP contribution >= 0.6 is 0 Å². The van der Waals surface area contributed by atoms with Crippen LogP contribution in [0.25, 0.3) is 0 Å². The van der Waals surface area contributed by atoms with Gasteiger partial charge in [0, 0.05) is 25.9 Å². The van der Waals surface area contributed by atoms with Crippen LogP contribution in [0.15, 0.2) is 30.3 Å². The average Bonchev–Trinajstić information content (AvgIpc) is 2.58. The third kappa shape index (κ3) is 3.15. The Balaban J connectivity index is 1.72. The van der Waals surface area contributed by atoms with Crippen LogP contribution < -0.4 is 5.48 Å². The minimum atomic E-state index is -0.493. The molecule has 1 spiro atoms. The van der Waals surface area contributed by atoms with E-state index in [2.05, 4.69) is 4.90 Å². The Morgan fingerprint density at radius 3 is 2.41 bits per heavy atom. The van der Waals surface area contributed by atoms with Crippen LogP contribution in [0.2, 0.25) is 0 Å². The van der Waals surface area contributed by atoms with Crippen LogP contribution in [0.5, 0.6) is 0 Å². The molecule has 0 bridgehead atoms. The first-order chi connectivity index (χ1) is 10.7.